The largest absolute Gasteiger partial charge is 0.501 e. The van der Waals surface area contributed by atoms with Crippen molar-refractivity contribution >= 4 is 16.4 Å². The van der Waals surface area contributed by atoms with Crippen LogP contribution in [0.2, 0.25) is 0 Å². The molecule has 0 bridgehead atoms. The lowest BCUT2D eigenvalue weighted by atomic mass is 9.91. The molecule has 1 aliphatic heterocycles. The van der Waals surface area contributed by atoms with Crippen LogP contribution in [0.25, 0.3) is 5.57 Å². The molecule has 0 spiro atoms. The molecule has 0 saturated carbocycles. The predicted molar refractivity (Wildman–Crippen MR) is 76.6 cm³/mol. The fraction of sp³-hybridized carbons (Fsp3) is 0.467. The van der Waals surface area contributed by atoms with E-state index in [4.69, 9.17) is 4.74 Å². The molecule has 1 saturated heterocycles. The fourth-order valence-electron chi connectivity index (χ4n) is 2.14. The van der Waals surface area contributed by atoms with E-state index in [2.05, 4.69) is 26.0 Å². The summed E-state index contributed by atoms with van der Waals surface area (Å²) in [5, 5.41) is 0. The maximum atomic E-state index is 11.1. The maximum absolute atomic E-state index is 11.1. The number of rotatable bonds is 5. The third kappa shape index (κ3) is 3.45. The van der Waals surface area contributed by atoms with E-state index in [0.29, 0.717) is 6.61 Å². The standard InChI is InChI=1S/C15H20O2S/c1-13(14-6-4-3-5-7-14)10-17-9-8-15(2)11-18(16)12-15/h3-7,10H,8-9,11-12H2,1-2H3/b13-10-. The van der Waals surface area contributed by atoms with Crippen LogP contribution in [-0.4, -0.2) is 22.3 Å². The van der Waals surface area contributed by atoms with Crippen LogP contribution in [-0.2, 0) is 15.5 Å². The van der Waals surface area contributed by atoms with Crippen molar-refractivity contribution in [3.8, 4) is 0 Å². The van der Waals surface area contributed by atoms with Gasteiger partial charge in [-0.25, -0.2) is 0 Å². The number of benzene rings is 1. The minimum absolute atomic E-state index is 0.235. The van der Waals surface area contributed by atoms with Gasteiger partial charge in [0.2, 0.25) is 0 Å². The first kappa shape index (κ1) is 13.3. The number of hydrogen-bond acceptors (Lipinski definition) is 2. The number of allylic oxidation sites excluding steroid dienone is 1. The van der Waals surface area contributed by atoms with E-state index in [1.165, 1.54) is 5.56 Å². The monoisotopic (exact) mass is 264 g/mol. The molecule has 1 fully saturated rings. The second-order valence-electron chi connectivity index (χ2n) is 5.33. The zero-order valence-corrected chi connectivity index (χ0v) is 11.8. The predicted octanol–water partition coefficient (Wildman–Crippen LogP) is 3.22. The molecule has 18 heavy (non-hydrogen) atoms. The van der Waals surface area contributed by atoms with Crippen LogP contribution >= 0.6 is 0 Å². The van der Waals surface area contributed by atoms with Crippen molar-refractivity contribution in [1.82, 2.24) is 0 Å². The van der Waals surface area contributed by atoms with Gasteiger partial charge in [0.1, 0.15) is 0 Å². The molecule has 1 aliphatic rings. The third-order valence-corrected chi connectivity index (χ3v) is 5.37. The van der Waals surface area contributed by atoms with Gasteiger partial charge >= 0.3 is 0 Å². The second-order valence-corrected chi connectivity index (χ2v) is 6.78. The van der Waals surface area contributed by atoms with Gasteiger partial charge in [-0.2, -0.15) is 0 Å². The molecule has 1 aromatic carbocycles. The van der Waals surface area contributed by atoms with Crippen molar-refractivity contribution < 1.29 is 8.95 Å². The fourth-order valence-corrected chi connectivity index (χ4v) is 3.90. The Kier molecular flexibility index (Phi) is 4.23. The summed E-state index contributed by atoms with van der Waals surface area (Å²) in [4.78, 5) is 0. The zero-order chi connectivity index (χ0) is 13.0. The lowest BCUT2D eigenvalue weighted by molar-refractivity contribution is 0.195. The molecule has 0 radical (unpaired) electrons. The van der Waals surface area contributed by atoms with Crippen molar-refractivity contribution in [2.24, 2.45) is 5.41 Å². The topological polar surface area (TPSA) is 26.3 Å². The summed E-state index contributed by atoms with van der Waals surface area (Å²) >= 11 is 0. The Balaban J connectivity index is 1.76. The van der Waals surface area contributed by atoms with Crippen molar-refractivity contribution in [3.05, 3.63) is 42.2 Å². The van der Waals surface area contributed by atoms with Gasteiger partial charge in [-0.05, 0) is 29.9 Å². The quantitative estimate of drug-likeness (QED) is 0.603. The van der Waals surface area contributed by atoms with Crippen molar-refractivity contribution in [2.45, 2.75) is 20.3 Å². The highest BCUT2D eigenvalue weighted by Gasteiger charge is 2.37. The number of hydrogen-bond donors (Lipinski definition) is 0. The highest BCUT2D eigenvalue weighted by Crippen LogP contribution is 2.33. The molecule has 1 heterocycles. The van der Waals surface area contributed by atoms with Crippen LogP contribution in [0.1, 0.15) is 25.8 Å². The summed E-state index contributed by atoms with van der Waals surface area (Å²) < 4.78 is 16.7. The van der Waals surface area contributed by atoms with E-state index in [9.17, 15) is 4.21 Å². The normalized spacial score (nSPS) is 27.7. The van der Waals surface area contributed by atoms with Crippen molar-refractivity contribution in [3.63, 3.8) is 0 Å². The summed E-state index contributed by atoms with van der Waals surface area (Å²) in [7, 11) is -0.576. The molecule has 0 aliphatic carbocycles. The first-order valence-electron chi connectivity index (χ1n) is 6.28. The molecule has 0 atom stereocenters. The average Bonchev–Trinajstić information content (AvgIpc) is 2.34. The van der Waals surface area contributed by atoms with E-state index in [1.807, 2.05) is 24.5 Å². The van der Waals surface area contributed by atoms with Gasteiger partial charge in [0.25, 0.3) is 0 Å². The van der Waals surface area contributed by atoms with Crippen LogP contribution in [0.3, 0.4) is 0 Å². The zero-order valence-electron chi connectivity index (χ0n) is 11.0. The molecule has 98 valence electrons. The Morgan fingerprint density at radius 2 is 2.06 bits per heavy atom. The molecule has 1 aromatic rings. The maximum Gasteiger partial charge on any atom is 0.0879 e. The minimum Gasteiger partial charge on any atom is -0.501 e. The van der Waals surface area contributed by atoms with Gasteiger partial charge < -0.3 is 4.74 Å². The van der Waals surface area contributed by atoms with Crippen LogP contribution in [0, 0.1) is 5.41 Å². The van der Waals surface area contributed by atoms with Gasteiger partial charge in [0.05, 0.1) is 12.9 Å². The summed E-state index contributed by atoms with van der Waals surface area (Å²) in [6, 6.07) is 10.2. The number of ether oxygens (including phenoxy) is 1. The summed E-state index contributed by atoms with van der Waals surface area (Å²) in [6.45, 7) is 4.94. The second kappa shape index (κ2) is 5.70. The molecule has 0 unspecified atom stereocenters. The van der Waals surface area contributed by atoms with Gasteiger partial charge in [-0.1, -0.05) is 37.3 Å². The van der Waals surface area contributed by atoms with E-state index >= 15 is 0 Å². The Labute approximate surface area is 112 Å². The lowest BCUT2D eigenvalue weighted by Gasteiger charge is -2.36. The van der Waals surface area contributed by atoms with Gasteiger partial charge in [-0.15, -0.1) is 0 Å². The molecule has 3 heteroatoms. The highest BCUT2D eigenvalue weighted by molar-refractivity contribution is 7.86. The highest BCUT2D eigenvalue weighted by atomic mass is 32.2. The van der Waals surface area contributed by atoms with E-state index in [0.717, 1.165) is 23.5 Å². The summed E-state index contributed by atoms with van der Waals surface area (Å²) in [5.41, 5.74) is 2.56. The molecule has 2 nitrogen and oxygen atoms in total. The molecule has 0 amide bonds. The molecular formula is C15H20O2S. The van der Waals surface area contributed by atoms with E-state index in [1.54, 1.807) is 0 Å². The Hall–Kier alpha value is -1.09. The average molecular weight is 264 g/mol. The minimum atomic E-state index is -0.576. The Morgan fingerprint density at radius 1 is 1.39 bits per heavy atom. The summed E-state index contributed by atoms with van der Waals surface area (Å²) in [6.07, 6.45) is 2.81. The Bertz CT molecular complexity index is 443. The van der Waals surface area contributed by atoms with E-state index in [-0.39, 0.29) is 5.41 Å². The molecule has 0 aromatic heterocycles. The third-order valence-electron chi connectivity index (χ3n) is 3.33. The van der Waals surface area contributed by atoms with Crippen molar-refractivity contribution in [2.75, 3.05) is 18.1 Å². The smallest absolute Gasteiger partial charge is 0.0879 e. The van der Waals surface area contributed by atoms with Crippen molar-refractivity contribution in [1.29, 1.82) is 0 Å². The first-order chi connectivity index (χ1) is 8.59. The van der Waals surface area contributed by atoms with Crippen LogP contribution in [0.4, 0.5) is 0 Å². The Morgan fingerprint density at radius 3 is 2.67 bits per heavy atom. The molecular weight excluding hydrogens is 244 g/mol. The SMILES string of the molecule is C/C(=C/OCCC1(C)CS(=O)C1)c1ccccc1. The van der Waals surface area contributed by atoms with E-state index < -0.39 is 10.8 Å². The molecule has 0 N–H and O–H groups in total. The lowest BCUT2D eigenvalue weighted by Crippen LogP contribution is -2.42. The van der Waals surface area contributed by atoms with Gasteiger partial charge in [0, 0.05) is 22.3 Å². The summed E-state index contributed by atoms with van der Waals surface area (Å²) in [5.74, 6) is 1.66. The van der Waals surface area contributed by atoms with Gasteiger partial charge in [0.15, 0.2) is 0 Å². The first-order valence-corrected chi connectivity index (χ1v) is 7.77. The van der Waals surface area contributed by atoms with Gasteiger partial charge in [-0.3, -0.25) is 4.21 Å². The van der Waals surface area contributed by atoms with Crippen LogP contribution in [0.15, 0.2) is 36.6 Å². The van der Waals surface area contributed by atoms with Crippen LogP contribution in [0.5, 0.6) is 0 Å². The molecule has 2 rings (SSSR count). The van der Waals surface area contributed by atoms with Crippen LogP contribution < -0.4 is 0 Å².